The molecule has 1 atom stereocenters. The van der Waals surface area contributed by atoms with E-state index in [9.17, 15) is 9.90 Å². The molecule has 0 saturated carbocycles. The summed E-state index contributed by atoms with van der Waals surface area (Å²) in [6.45, 7) is 0. The molecule has 1 rings (SSSR count). The number of pyridine rings is 1. The maximum atomic E-state index is 10.4. The van der Waals surface area contributed by atoms with Crippen molar-refractivity contribution in [2.24, 2.45) is 5.73 Å². The number of rotatable bonds is 3. The largest absolute Gasteiger partial charge is 0.388 e. The molecule has 0 saturated heterocycles. The number of primary amides is 1. The summed E-state index contributed by atoms with van der Waals surface area (Å²) >= 11 is 0. The molecule has 4 heteroatoms. The van der Waals surface area contributed by atoms with Crippen molar-refractivity contribution >= 4 is 5.91 Å². The van der Waals surface area contributed by atoms with Gasteiger partial charge >= 0.3 is 0 Å². The molecule has 0 bridgehead atoms. The second-order valence-corrected chi connectivity index (χ2v) is 2.47. The second kappa shape index (κ2) is 3.82. The fourth-order valence-electron chi connectivity index (χ4n) is 0.894. The fourth-order valence-corrected chi connectivity index (χ4v) is 0.894. The van der Waals surface area contributed by atoms with Crippen LogP contribution in [0.1, 0.15) is 18.1 Å². The van der Waals surface area contributed by atoms with Crippen LogP contribution in [-0.4, -0.2) is 16.0 Å². The first-order valence-electron chi connectivity index (χ1n) is 3.56. The lowest BCUT2D eigenvalue weighted by Crippen LogP contribution is -2.14. The van der Waals surface area contributed by atoms with Crippen LogP contribution >= 0.6 is 0 Å². The predicted octanol–water partition coefficient (Wildman–Crippen LogP) is -0.00960. The monoisotopic (exact) mass is 166 g/mol. The number of aliphatic hydroxyl groups is 1. The van der Waals surface area contributed by atoms with Crippen molar-refractivity contribution in [3.8, 4) is 0 Å². The minimum absolute atomic E-state index is 0.0516. The van der Waals surface area contributed by atoms with E-state index < -0.39 is 12.0 Å². The van der Waals surface area contributed by atoms with Gasteiger partial charge in [0.25, 0.3) is 0 Å². The highest BCUT2D eigenvalue weighted by atomic mass is 16.3. The van der Waals surface area contributed by atoms with Crippen molar-refractivity contribution in [2.45, 2.75) is 12.5 Å². The summed E-state index contributed by atoms with van der Waals surface area (Å²) in [6, 6.07) is 3.29. The average molecular weight is 166 g/mol. The third-order valence-corrected chi connectivity index (χ3v) is 1.49. The number of nitrogens with two attached hydrogens (primary N) is 1. The van der Waals surface area contributed by atoms with Crippen LogP contribution in [0.2, 0.25) is 0 Å². The fraction of sp³-hybridized carbons (Fsp3) is 0.250. The van der Waals surface area contributed by atoms with E-state index >= 15 is 0 Å². The first kappa shape index (κ1) is 8.67. The van der Waals surface area contributed by atoms with Crippen LogP contribution in [0.25, 0.3) is 0 Å². The summed E-state index contributed by atoms with van der Waals surface area (Å²) in [6.07, 6.45) is 2.24. The molecule has 4 nitrogen and oxygen atoms in total. The van der Waals surface area contributed by atoms with Crippen LogP contribution in [-0.2, 0) is 4.79 Å². The molecular formula is C8H10N2O2. The summed E-state index contributed by atoms with van der Waals surface area (Å²) in [5, 5.41) is 9.36. The summed E-state index contributed by atoms with van der Waals surface area (Å²) < 4.78 is 0. The van der Waals surface area contributed by atoms with E-state index in [1.807, 2.05) is 0 Å². The molecule has 1 heterocycles. The Hall–Kier alpha value is -1.42. The first-order chi connectivity index (χ1) is 5.70. The zero-order valence-corrected chi connectivity index (χ0v) is 6.47. The molecule has 1 aromatic rings. The number of nitrogens with zero attached hydrogens (tertiary/aromatic N) is 1. The van der Waals surface area contributed by atoms with Crippen molar-refractivity contribution in [1.82, 2.24) is 4.98 Å². The Morgan fingerprint density at radius 2 is 2.17 bits per heavy atom. The Morgan fingerprint density at radius 1 is 1.58 bits per heavy atom. The van der Waals surface area contributed by atoms with E-state index in [1.54, 1.807) is 24.5 Å². The highest BCUT2D eigenvalue weighted by molar-refractivity contribution is 5.74. The van der Waals surface area contributed by atoms with E-state index in [0.29, 0.717) is 5.56 Å². The van der Waals surface area contributed by atoms with Crippen molar-refractivity contribution in [2.75, 3.05) is 0 Å². The van der Waals surface area contributed by atoms with Gasteiger partial charge in [0.1, 0.15) is 0 Å². The number of aromatic nitrogens is 1. The van der Waals surface area contributed by atoms with E-state index in [-0.39, 0.29) is 6.42 Å². The Kier molecular flexibility index (Phi) is 2.76. The zero-order valence-electron chi connectivity index (χ0n) is 6.47. The molecule has 0 spiro atoms. The minimum atomic E-state index is -0.814. The molecule has 3 N–H and O–H groups in total. The molecule has 0 aliphatic carbocycles. The predicted molar refractivity (Wildman–Crippen MR) is 43.0 cm³/mol. The molecule has 0 aromatic carbocycles. The molecule has 0 aliphatic rings. The zero-order chi connectivity index (χ0) is 8.97. The van der Waals surface area contributed by atoms with E-state index in [0.717, 1.165) is 0 Å². The van der Waals surface area contributed by atoms with Crippen molar-refractivity contribution < 1.29 is 9.90 Å². The van der Waals surface area contributed by atoms with Crippen molar-refractivity contribution in [3.63, 3.8) is 0 Å². The lowest BCUT2D eigenvalue weighted by atomic mass is 10.1. The maximum Gasteiger partial charge on any atom is 0.220 e. The third-order valence-electron chi connectivity index (χ3n) is 1.49. The molecule has 0 radical (unpaired) electrons. The molecule has 1 unspecified atom stereocenters. The van der Waals surface area contributed by atoms with Crippen molar-refractivity contribution in [3.05, 3.63) is 30.1 Å². The first-order valence-corrected chi connectivity index (χ1v) is 3.56. The van der Waals surface area contributed by atoms with Gasteiger partial charge in [-0.15, -0.1) is 0 Å². The smallest absolute Gasteiger partial charge is 0.220 e. The van der Waals surface area contributed by atoms with Gasteiger partial charge in [0.05, 0.1) is 12.5 Å². The van der Waals surface area contributed by atoms with Crippen LogP contribution in [0.15, 0.2) is 24.5 Å². The van der Waals surface area contributed by atoms with Gasteiger partial charge in [0.2, 0.25) is 5.91 Å². The number of carbonyl (C=O) groups is 1. The maximum absolute atomic E-state index is 10.4. The number of aliphatic hydroxyl groups excluding tert-OH is 1. The van der Waals surface area contributed by atoms with Gasteiger partial charge in [-0.1, -0.05) is 0 Å². The normalized spacial score (nSPS) is 12.4. The van der Waals surface area contributed by atoms with E-state index in [1.165, 1.54) is 0 Å². The van der Waals surface area contributed by atoms with Crippen LogP contribution in [0, 0.1) is 0 Å². The quantitative estimate of drug-likeness (QED) is 0.663. The van der Waals surface area contributed by atoms with Crippen molar-refractivity contribution in [1.29, 1.82) is 0 Å². The summed E-state index contributed by atoms with van der Waals surface area (Å²) in [5.74, 6) is -0.515. The topological polar surface area (TPSA) is 76.2 Å². The van der Waals surface area contributed by atoms with E-state index in [4.69, 9.17) is 5.73 Å². The van der Waals surface area contributed by atoms with Gasteiger partial charge in [-0.2, -0.15) is 0 Å². The highest BCUT2D eigenvalue weighted by Crippen LogP contribution is 2.13. The SMILES string of the molecule is NC(=O)CC(O)c1ccncc1. The van der Waals surface area contributed by atoms with Gasteiger partial charge < -0.3 is 10.8 Å². The lowest BCUT2D eigenvalue weighted by molar-refractivity contribution is -0.119. The Bertz CT molecular complexity index is 261. The molecule has 64 valence electrons. The number of amides is 1. The molecule has 1 amide bonds. The Labute approximate surface area is 70.0 Å². The molecular weight excluding hydrogens is 156 g/mol. The Morgan fingerprint density at radius 3 is 2.67 bits per heavy atom. The molecule has 1 aromatic heterocycles. The van der Waals surface area contributed by atoms with Crippen LogP contribution in [0.3, 0.4) is 0 Å². The van der Waals surface area contributed by atoms with Gasteiger partial charge in [0.15, 0.2) is 0 Å². The summed E-state index contributed by atoms with van der Waals surface area (Å²) in [7, 11) is 0. The molecule has 12 heavy (non-hydrogen) atoms. The minimum Gasteiger partial charge on any atom is -0.388 e. The third kappa shape index (κ3) is 2.32. The standard InChI is InChI=1S/C8H10N2O2/c9-8(12)5-7(11)6-1-3-10-4-2-6/h1-4,7,11H,5H2,(H2,9,12). The molecule has 0 aliphatic heterocycles. The molecule has 0 fully saturated rings. The summed E-state index contributed by atoms with van der Waals surface area (Å²) in [5.41, 5.74) is 5.57. The Balaban J connectivity index is 2.65. The van der Waals surface area contributed by atoms with Crippen LogP contribution < -0.4 is 5.73 Å². The van der Waals surface area contributed by atoms with E-state index in [2.05, 4.69) is 4.98 Å². The number of hydrogen-bond donors (Lipinski definition) is 2. The van der Waals surface area contributed by atoms with Gasteiger partial charge in [-0.25, -0.2) is 0 Å². The van der Waals surface area contributed by atoms with Gasteiger partial charge in [0, 0.05) is 12.4 Å². The van der Waals surface area contributed by atoms with Gasteiger partial charge in [-0.3, -0.25) is 9.78 Å². The van der Waals surface area contributed by atoms with Gasteiger partial charge in [-0.05, 0) is 17.7 Å². The van der Waals surface area contributed by atoms with Crippen LogP contribution in [0.5, 0.6) is 0 Å². The second-order valence-electron chi connectivity index (χ2n) is 2.47. The highest BCUT2D eigenvalue weighted by Gasteiger charge is 2.09. The number of hydrogen-bond acceptors (Lipinski definition) is 3. The van der Waals surface area contributed by atoms with Crippen LogP contribution in [0.4, 0.5) is 0 Å². The average Bonchev–Trinajstić information content (AvgIpc) is 2.05. The lowest BCUT2D eigenvalue weighted by Gasteiger charge is -2.06. The summed E-state index contributed by atoms with van der Waals surface area (Å²) in [4.78, 5) is 14.2. The number of carbonyl (C=O) groups excluding carboxylic acids is 1.